The molecule has 10 nitrogen and oxygen atoms in total. The number of aromatic nitrogens is 4. The van der Waals surface area contributed by atoms with Crippen molar-refractivity contribution in [1.29, 1.82) is 0 Å². The van der Waals surface area contributed by atoms with Gasteiger partial charge in [0.1, 0.15) is 27.7 Å². The molecule has 3 heterocycles. The number of ether oxygens (including phenoxy) is 2. The summed E-state index contributed by atoms with van der Waals surface area (Å²) in [5, 5.41) is 14.2. The topological polar surface area (TPSA) is 125 Å². The highest BCUT2D eigenvalue weighted by molar-refractivity contribution is 7.92. The smallest absolute Gasteiger partial charge is 0.354 e. The lowest BCUT2D eigenvalue weighted by molar-refractivity contribution is 0.0674. The number of carboxylic acids is 1. The van der Waals surface area contributed by atoms with Crippen LogP contribution >= 0.6 is 0 Å². The normalized spacial score (nSPS) is 12.2. The van der Waals surface area contributed by atoms with E-state index in [0.29, 0.717) is 23.6 Å². The van der Waals surface area contributed by atoms with Crippen LogP contribution in [-0.2, 0) is 27.7 Å². The quantitative estimate of drug-likeness (QED) is 0.337. The van der Waals surface area contributed by atoms with Gasteiger partial charge in [-0.25, -0.2) is 18.2 Å². The zero-order valence-electron chi connectivity index (χ0n) is 20.5. The van der Waals surface area contributed by atoms with Crippen molar-refractivity contribution in [3.8, 4) is 17.1 Å². The Bertz CT molecular complexity index is 1500. The lowest BCUT2D eigenvalue weighted by Crippen LogP contribution is -2.28. The minimum atomic E-state index is -3.75. The second kappa shape index (κ2) is 9.75. The zero-order valence-corrected chi connectivity index (χ0v) is 21.3. The van der Waals surface area contributed by atoms with Crippen LogP contribution in [0.25, 0.3) is 17.0 Å². The summed E-state index contributed by atoms with van der Waals surface area (Å²) in [6.45, 7) is 5.72. The number of hydrogen-bond acceptors (Lipinski definition) is 7. The van der Waals surface area contributed by atoms with Gasteiger partial charge in [0.2, 0.25) is 0 Å². The number of imidazole rings is 1. The highest BCUT2D eigenvalue weighted by atomic mass is 32.2. The molecule has 0 aliphatic rings. The molecule has 1 aromatic carbocycles. The molecule has 1 N–H and O–H groups in total. The standard InChI is InChI=1S/C25H28N4O6S/c1-25(2,3)36(32,33)22-15-28-20(14-26-23(28)13-21(22)34-4)18-12-19(24(30)31)29(27-18)10-11-35-16-17-8-6-5-7-9-17/h5-9,12-15H,10-11,16H2,1-4H3,(H,30,31). The molecule has 36 heavy (non-hydrogen) atoms. The Hall–Kier alpha value is -3.70. The van der Waals surface area contributed by atoms with Gasteiger partial charge in [0.05, 0.1) is 43.5 Å². The first-order valence-corrected chi connectivity index (χ1v) is 12.7. The number of benzene rings is 1. The third-order valence-corrected chi connectivity index (χ3v) is 8.21. The van der Waals surface area contributed by atoms with Crippen molar-refractivity contribution in [2.24, 2.45) is 0 Å². The zero-order chi connectivity index (χ0) is 26.1. The predicted octanol–water partition coefficient (Wildman–Crippen LogP) is 3.69. The van der Waals surface area contributed by atoms with E-state index in [1.54, 1.807) is 25.2 Å². The van der Waals surface area contributed by atoms with Crippen LogP contribution in [0.4, 0.5) is 0 Å². The molecule has 0 saturated heterocycles. The molecule has 0 aliphatic heterocycles. The second-order valence-electron chi connectivity index (χ2n) is 9.17. The minimum Gasteiger partial charge on any atom is -0.495 e. The second-order valence-corrected chi connectivity index (χ2v) is 11.8. The lowest BCUT2D eigenvalue weighted by Gasteiger charge is -2.21. The van der Waals surface area contributed by atoms with E-state index in [1.165, 1.54) is 36.3 Å². The molecule has 190 valence electrons. The molecular weight excluding hydrogens is 484 g/mol. The Morgan fingerprint density at radius 1 is 1.14 bits per heavy atom. The summed E-state index contributed by atoms with van der Waals surface area (Å²) >= 11 is 0. The van der Waals surface area contributed by atoms with Gasteiger partial charge in [-0.15, -0.1) is 0 Å². The van der Waals surface area contributed by atoms with Crippen molar-refractivity contribution in [2.45, 2.75) is 43.6 Å². The molecular formula is C25H28N4O6S. The first-order chi connectivity index (χ1) is 17.0. The third-order valence-electron chi connectivity index (χ3n) is 5.71. The number of carboxylic acid groups (broad SMARTS) is 1. The first kappa shape index (κ1) is 25.4. The van der Waals surface area contributed by atoms with Gasteiger partial charge in [0.25, 0.3) is 0 Å². The lowest BCUT2D eigenvalue weighted by atomic mass is 10.2. The summed E-state index contributed by atoms with van der Waals surface area (Å²) in [5.74, 6) is -0.954. The minimum absolute atomic E-state index is 0.0106. The maximum atomic E-state index is 13.2. The Kier molecular flexibility index (Phi) is 6.87. The highest BCUT2D eigenvalue weighted by Crippen LogP contribution is 2.34. The maximum absolute atomic E-state index is 13.2. The Morgan fingerprint density at radius 3 is 2.50 bits per heavy atom. The van der Waals surface area contributed by atoms with Gasteiger partial charge in [0.15, 0.2) is 9.84 Å². The van der Waals surface area contributed by atoms with Crippen molar-refractivity contribution in [3.05, 3.63) is 66.1 Å². The van der Waals surface area contributed by atoms with E-state index in [9.17, 15) is 18.3 Å². The molecule has 0 spiro atoms. The van der Waals surface area contributed by atoms with Gasteiger partial charge in [-0.05, 0) is 26.3 Å². The van der Waals surface area contributed by atoms with Crippen LogP contribution in [0.1, 0.15) is 36.8 Å². The fourth-order valence-electron chi connectivity index (χ4n) is 3.67. The summed E-state index contributed by atoms with van der Waals surface area (Å²) < 4.78 is 39.3. The van der Waals surface area contributed by atoms with Gasteiger partial charge >= 0.3 is 5.97 Å². The SMILES string of the molecule is COc1cc2ncc(-c3cc(C(=O)O)n(CCOCc4ccccc4)n3)n2cc1S(=O)(=O)C(C)(C)C. The molecule has 0 radical (unpaired) electrons. The van der Waals surface area contributed by atoms with Crippen LogP contribution in [0.2, 0.25) is 0 Å². The fraction of sp³-hybridized carbons (Fsp3) is 0.320. The molecule has 0 aliphatic carbocycles. The summed E-state index contributed by atoms with van der Waals surface area (Å²) in [6, 6.07) is 12.6. The summed E-state index contributed by atoms with van der Waals surface area (Å²) in [5.41, 5.74) is 2.22. The predicted molar refractivity (Wildman–Crippen MR) is 133 cm³/mol. The van der Waals surface area contributed by atoms with Crippen molar-refractivity contribution in [3.63, 3.8) is 0 Å². The van der Waals surface area contributed by atoms with E-state index < -0.39 is 20.6 Å². The summed E-state index contributed by atoms with van der Waals surface area (Å²) in [6.07, 6.45) is 2.96. The van der Waals surface area contributed by atoms with Gasteiger partial charge in [-0.3, -0.25) is 9.08 Å². The first-order valence-electron chi connectivity index (χ1n) is 11.3. The molecule has 0 amide bonds. The number of fused-ring (bicyclic) bond motifs is 1. The van der Waals surface area contributed by atoms with Crippen molar-refractivity contribution in [1.82, 2.24) is 19.2 Å². The molecule has 3 aromatic heterocycles. The van der Waals surface area contributed by atoms with Crippen LogP contribution in [-0.4, -0.2) is 57.1 Å². The number of nitrogens with zero attached hydrogens (tertiary/aromatic N) is 4. The van der Waals surface area contributed by atoms with Crippen LogP contribution in [0.5, 0.6) is 5.75 Å². The molecule has 4 rings (SSSR count). The van der Waals surface area contributed by atoms with Crippen LogP contribution < -0.4 is 4.74 Å². The Balaban J connectivity index is 1.67. The number of pyridine rings is 1. The van der Waals surface area contributed by atoms with E-state index in [0.717, 1.165) is 5.56 Å². The molecule has 11 heteroatoms. The van der Waals surface area contributed by atoms with E-state index in [1.807, 2.05) is 30.3 Å². The fourth-order valence-corrected chi connectivity index (χ4v) is 4.98. The van der Waals surface area contributed by atoms with Crippen LogP contribution in [0.3, 0.4) is 0 Å². The van der Waals surface area contributed by atoms with Gasteiger partial charge in [-0.2, -0.15) is 5.10 Å². The number of rotatable bonds is 9. The van der Waals surface area contributed by atoms with Crippen LogP contribution in [0.15, 0.2) is 59.8 Å². The maximum Gasteiger partial charge on any atom is 0.354 e. The van der Waals surface area contributed by atoms with Crippen molar-refractivity contribution in [2.75, 3.05) is 13.7 Å². The van der Waals surface area contributed by atoms with Gasteiger partial charge in [-0.1, -0.05) is 30.3 Å². The average Bonchev–Trinajstić information content (AvgIpc) is 3.44. The van der Waals surface area contributed by atoms with Gasteiger partial charge in [0, 0.05) is 18.3 Å². The van der Waals surface area contributed by atoms with E-state index in [2.05, 4.69) is 10.1 Å². The van der Waals surface area contributed by atoms with E-state index >= 15 is 0 Å². The number of aromatic carboxylic acids is 1. The largest absolute Gasteiger partial charge is 0.495 e. The number of sulfone groups is 1. The number of methoxy groups -OCH3 is 1. The molecule has 4 aromatic rings. The van der Waals surface area contributed by atoms with Crippen LogP contribution in [0, 0.1) is 0 Å². The molecule has 0 fully saturated rings. The molecule has 0 atom stereocenters. The Labute approximate surface area is 209 Å². The van der Waals surface area contributed by atoms with Crippen molar-refractivity contribution < 1.29 is 27.8 Å². The van der Waals surface area contributed by atoms with Gasteiger partial charge < -0.3 is 14.6 Å². The summed E-state index contributed by atoms with van der Waals surface area (Å²) in [7, 11) is -2.35. The molecule has 0 bridgehead atoms. The monoisotopic (exact) mass is 512 g/mol. The summed E-state index contributed by atoms with van der Waals surface area (Å²) in [4.78, 5) is 16.2. The molecule has 0 saturated carbocycles. The number of hydrogen-bond donors (Lipinski definition) is 1. The average molecular weight is 513 g/mol. The van der Waals surface area contributed by atoms with E-state index in [4.69, 9.17) is 9.47 Å². The third kappa shape index (κ3) is 4.84. The van der Waals surface area contributed by atoms with Crippen molar-refractivity contribution >= 4 is 21.5 Å². The van der Waals surface area contributed by atoms with E-state index in [-0.39, 0.29) is 29.5 Å². The Morgan fingerprint density at radius 2 is 1.86 bits per heavy atom. The highest BCUT2D eigenvalue weighted by Gasteiger charge is 2.34. The number of carbonyl (C=O) groups is 1. The molecule has 0 unspecified atom stereocenters.